The number of rotatable bonds is 2. The van der Waals surface area contributed by atoms with Crippen molar-refractivity contribution in [3.63, 3.8) is 0 Å². The van der Waals surface area contributed by atoms with Gasteiger partial charge in [-0.2, -0.15) is 0 Å². The second-order valence-corrected chi connectivity index (χ2v) is 4.03. The second kappa shape index (κ2) is 4.35. The fraction of sp³-hybridized carbons (Fsp3) is 0.214. The van der Waals surface area contributed by atoms with Crippen LogP contribution in [0, 0.1) is 13.8 Å². The first kappa shape index (κ1) is 10.7. The SMILES string of the molecule is Cc1ccc(N(C)c2cccc(C)n2)cc1. The lowest BCUT2D eigenvalue weighted by Crippen LogP contribution is -2.11. The highest BCUT2D eigenvalue weighted by Gasteiger charge is 2.04. The standard InChI is InChI=1S/C14H16N2/c1-11-7-9-13(10-8-11)16(3)14-6-4-5-12(2)15-14/h4-10H,1-3H3. The molecular weight excluding hydrogens is 196 g/mol. The summed E-state index contributed by atoms with van der Waals surface area (Å²) in [7, 11) is 2.03. The van der Waals surface area contributed by atoms with E-state index in [1.54, 1.807) is 0 Å². The minimum absolute atomic E-state index is 0.976. The normalized spacial score (nSPS) is 10.2. The number of aromatic nitrogens is 1. The first-order valence-corrected chi connectivity index (χ1v) is 5.41. The Bertz CT molecular complexity index is 474. The van der Waals surface area contributed by atoms with Gasteiger partial charge in [0.05, 0.1) is 0 Å². The first-order chi connectivity index (χ1) is 7.66. The van der Waals surface area contributed by atoms with Crippen LogP contribution in [0.3, 0.4) is 0 Å². The molecule has 2 nitrogen and oxygen atoms in total. The van der Waals surface area contributed by atoms with Crippen LogP contribution in [0.25, 0.3) is 0 Å². The van der Waals surface area contributed by atoms with Crippen LogP contribution in [-0.4, -0.2) is 12.0 Å². The highest BCUT2D eigenvalue weighted by Crippen LogP contribution is 2.21. The van der Waals surface area contributed by atoms with Gasteiger partial charge in [-0.15, -0.1) is 0 Å². The van der Waals surface area contributed by atoms with Gasteiger partial charge >= 0.3 is 0 Å². The molecule has 0 unspecified atom stereocenters. The van der Waals surface area contributed by atoms with Gasteiger partial charge in [-0.1, -0.05) is 23.8 Å². The third-order valence-corrected chi connectivity index (χ3v) is 2.64. The molecule has 0 aliphatic carbocycles. The topological polar surface area (TPSA) is 16.1 Å². The molecule has 0 N–H and O–H groups in total. The molecular formula is C14H16N2. The number of nitrogens with zero attached hydrogens (tertiary/aromatic N) is 2. The maximum absolute atomic E-state index is 4.50. The van der Waals surface area contributed by atoms with Crippen LogP contribution in [0.4, 0.5) is 11.5 Å². The van der Waals surface area contributed by atoms with E-state index in [0.29, 0.717) is 0 Å². The summed E-state index contributed by atoms with van der Waals surface area (Å²) in [5.41, 5.74) is 3.47. The van der Waals surface area contributed by atoms with Crippen LogP contribution < -0.4 is 4.90 Å². The summed E-state index contributed by atoms with van der Waals surface area (Å²) in [5.74, 6) is 0.976. The van der Waals surface area contributed by atoms with Gasteiger partial charge in [0, 0.05) is 18.4 Å². The summed E-state index contributed by atoms with van der Waals surface area (Å²) in [6.45, 7) is 4.10. The summed E-state index contributed by atoms with van der Waals surface area (Å²) in [4.78, 5) is 6.59. The minimum atomic E-state index is 0.976. The van der Waals surface area contributed by atoms with E-state index in [1.807, 2.05) is 32.2 Å². The summed E-state index contributed by atoms with van der Waals surface area (Å²) in [6.07, 6.45) is 0. The minimum Gasteiger partial charge on any atom is -0.329 e. The molecule has 1 aromatic carbocycles. The van der Waals surface area contributed by atoms with E-state index in [1.165, 1.54) is 5.56 Å². The summed E-state index contributed by atoms with van der Waals surface area (Å²) in [5, 5.41) is 0. The zero-order chi connectivity index (χ0) is 11.5. The van der Waals surface area contributed by atoms with E-state index in [2.05, 4.69) is 41.1 Å². The fourth-order valence-electron chi connectivity index (χ4n) is 1.62. The third-order valence-electron chi connectivity index (χ3n) is 2.64. The molecule has 1 heterocycles. The Balaban J connectivity index is 2.31. The van der Waals surface area contributed by atoms with Crippen molar-refractivity contribution in [1.29, 1.82) is 0 Å². The fourth-order valence-corrected chi connectivity index (χ4v) is 1.62. The number of pyridine rings is 1. The largest absolute Gasteiger partial charge is 0.329 e. The molecule has 2 heteroatoms. The van der Waals surface area contributed by atoms with Crippen molar-refractivity contribution in [3.05, 3.63) is 53.7 Å². The molecule has 16 heavy (non-hydrogen) atoms. The van der Waals surface area contributed by atoms with Crippen LogP contribution >= 0.6 is 0 Å². The molecule has 0 aliphatic rings. The van der Waals surface area contributed by atoms with Gasteiger partial charge in [0.1, 0.15) is 5.82 Å². The zero-order valence-electron chi connectivity index (χ0n) is 9.94. The van der Waals surface area contributed by atoms with E-state index in [4.69, 9.17) is 0 Å². The van der Waals surface area contributed by atoms with Gasteiger partial charge in [0.15, 0.2) is 0 Å². The van der Waals surface area contributed by atoms with Crippen LogP contribution in [0.2, 0.25) is 0 Å². The van der Waals surface area contributed by atoms with Crippen molar-refractivity contribution in [2.24, 2.45) is 0 Å². The molecule has 0 bridgehead atoms. The predicted molar refractivity (Wildman–Crippen MR) is 68.2 cm³/mol. The molecule has 0 radical (unpaired) electrons. The lowest BCUT2D eigenvalue weighted by molar-refractivity contribution is 1.09. The average Bonchev–Trinajstić information content (AvgIpc) is 2.29. The van der Waals surface area contributed by atoms with Gasteiger partial charge in [-0.3, -0.25) is 0 Å². The average molecular weight is 212 g/mol. The highest BCUT2D eigenvalue weighted by atomic mass is 15.2. The monoisotopic (exact) mass is 212 g/mol. The number of hydrogen-bond acceptors (Lipinski definition) is 2. The highest BCUT2D eigenvalue weighted by molar-refractivity contribution is 5.59. The van der Waals surface area contributed by atoms with Gasteiger partial charge < -0.3 is 4.90 Å². The first-order valence-electron chi connectivity index (χ1n) is 5.41. The quantitative estimate of drug-likeness (QED) is 0.757. The molecule has 0 fully saturated rings. The molecule has 0 atom stereocenters. The van der Waals surface area contributed by atoms with Crippen molar-refractivity contribution in [3.8, 4) is 0 Å². The van der Waals surface area contributed by atoms with E-state index in [9.17, 15) is 0 Å². The van der Waals surface area contributed by atoms with Gasteiger partial charge in [-0.05, 0) is 38.1 Å². The van der Waals surface area contributed by atoms with Crippen molar-refractivity contribution in [1.82, 2.24) is 4.98 Å². The lowest BCUT2D eigenvalue weighted by Gasteiger charge is -2.18. The van der Waals surface area contributed by atoms with E-state index in [0.717, 1.165) is 17.2 Å². The Hall–Kier alpha value is -1.83. The third kappa shape index (κ3) is 2.22. The molecule has 0 saturated heterocycles. The molecule has 0 saturated carbocycles. The Labute approximate surface area is 96.6 Å². The van der Waals surface area contributed by atoms with E-state index < -0.39 is 0 Å². The Morgan fingerprint density at radius 2 is 1.62 bits per heavy atom. The molecule has 2 rings (SSSR count). The van der Waals surface area contributed by atoms with E-state index in [-0.39, 0.29) is 0 Å². The Morgan fingerprint density at radius 1 is 0.938 bits per heavy atom. The molecule has 82 valence electrons. The van der Waals surface area contributed by atoms with Crippen LogP contribution in [0.5, 0.6) is 0 Å². The summed E-state index contributed by atoms with van der Waals surface area (Å²) < 4.78 is 0. The Morgan fingerprint density at radius 3 is 2.25 bits per heavy atom. The summed E-state index contributed by atoms with van der Waals surface area (Å²) >= 11 is 0. The number of aryl methyl sites for hydroxylation is 2. The van der Waals surface area contributed by atoms with Crippen molar-refractivity contribution in [2.45, 2.75) is 13.8 Å². The Kier molecular flexibility index (Phi) is 2.91. The predicted octanol–water partition coefficient (Wildman–Crippen LogP) is 3.47. The van der Waals surface area contributed by atoms with Gasteiger partial charge in [0.25, 0.3) is 0 Å². The maximum Gasteiger partial charge on any atom is 0.132 e. The maximum atomic E-state index is 4.50. The number of benzene rings is 1. The van der Waals surface area contributed by atoms with Crippen LogP contribution in [0.1, 0.15) is 11.3 Å². The van der Waals surface area contributed by atoms with Crippen molar-refractivity contribution in [2.75, 3.05) is 11.9 Å². The molecule has 1 aromatic heterocycles. The van der Waals surface area contributed by atoms with Gasteiger partial charge in [-0.25, -0.2) is 4.98 Å². The van der Waals surface area contributed by atoms with Crippen molar-refractivity contribution >= 4 is 11.5 Å². The van der Waals surface area contributed by atoms with Crippen LogP contribution in [-0.2, 0) is 0 Å². The molecule has 0 aliphatic heterocycles. The van der Waals surface area contributed by atoms with E-state index >= 15 is 0 Å². The zero-order valence-corrected chi connectivity index (χ0v) is 9.94. The van der Waals surface area contributed by atoms with Crippen LogP contribution in [0.15, 0.2) is 42.5 Å². The smallest absolute Gasteiger partial charge is 0.132 e. The number of hydrogen-bond donors (Lipinski definition) is 0. The van der Waals surface area contributed by atoms with Gasteiger partial charge in [0.2, 0.25) is 0 Å². The summed E-state index contributed by atoms with van der Waals surface area (Å²) in [6, 6.07) is 14.5. The lowest BCUT2D eigenvalue weighted by atomic mass is 10.2. The molecule has 2 aromatic rings. The van der Waals surface area contributed by atoms with Crippen molar-refractivity contribution < 1.29 is 0 Å². The molecule has 0 spiro atoms. The second-order valence-electron chi connectivity index (χ2n) is 4.03. The molecule has 0 amide bonds. The number of anilines is 2.